The lowest BCUT2D eigenvalue weighted by Gasteiger charge is -2.37. The van der Waals surface area contributed by atoms with Gasteiger partial charge in [-0.3, -0.25) is 4.79 Å². The van der Waals surface area contributed by atoms with E-state index in [-0.39, 0.29) is 5.91 Å². The van der Waals surface area contributed by atoms with Crippen molar-refractivity contribution in [1.82, 2.24) is 10.2 Å². The minimum absolute atomic E-state index is 0.180. The lowest BCUT2D eigenvalue weighted by atomic mass is 9.93. The molecule has 1 amide bonds. The Bertz CT molecular complexity index is 444. The van der Waals surface area contributed by atoms with Gasteiger partial charge in [-0.15, -0.1) is 0 Å². The van der Waals surface area contributed by atoms with E-state index in [1.165, 1.54) is 0 Å². The third-order valence-corrected chi connectivity index (χ3v) is 4.03. The number of nitrogens with one attached hydrogen (secondary N) is 1. The van der Waals surface area contributed by atoms with E-state index >= 15 is 0 Å². The van der Waals surface area contributed by atoms with Crippen LogP contribution in [0.25, 0.3) is 0 Å². The van der Waals surface area contributed by atoms with Crippen LogP contribution >= 0.6 is 0 Å². The highest BCUT2D eigenvalue weighted by Crippen LogP contribution is 2.20. The van der Waals surface area contributed by atoms with Crippen LogP contribution < -0.4 is 5.32 Å². The number of hydrogen-bond donors (Lipinski definition) is 1. The number of likely N-dealkylation sites (tertiary alicyclic amines) is 1. The third kappa shape index (κ3) is 3.16. The quantitative estimate of drug-likeness (QED) is 0.905. The molecular weight excluding hydrogens is 236 g/mol. The molecule has 0 spiro atoms. The van der Waals surface area contributed by atoms with Gasteiger partial charge in [0.2, 0.25) is 0 Å². The molecule has 2 unspecified atom stereocenters. The topological polar surface area (TPSA) is 32.3 Å². The first-order chi connectivity index (χ1) is 9.13. The SMILES string of the molecule is CCNC1CCN(C(=O)c2ccccc2C)CC1C. The summed E-state index contributed by atoms with van der Waals surface area (Å²) in [4.78, 5) is 14.5. The molecule has 0 aliphatic carbocycles. The molecule has 1 fully saturated rings. The molecule has 1 saturated heterocycles. The van der Waals surface area contributed by atoms with Crippen molar-refractivity contribution < 1.29 is 4.79 Å². The third-order valence-electron chi connectivity index (χ3n) is 4.03. The average Bonchev–Trinajstić information content (AvgIpc) is 2.41. The molecule has 1 heterocycles. The molecule has 2 atom stereocenters. The molecule has 2 rings (SSSR count). The van der Waals surface area contributed by atoms with Gasteiger partial charge in [0, 0.05) is 24.7 Å². The van der Waals surface area contributed by atoms with Gasteiger partial charge in [-0.25, -0.2) is 0 Å². The van der Waals surface area contributed by atoms with E-state index < -0.39 is 0 Å². The zero-order valence-corrected chi connectivity index (χ0v) is 12.1. The molecule has 1 N–H and O–H groups in total. The van der Waals surface area contributed by atoms with Crippen LogP contribution in [0.2, 0.25) is 0 Å². The highest BCUT2D eigenvalue weighted by Gasteiger charge is 2.28. The predicted octanol–water partition coefficient (Wildman–Crippen LogP) is 2.46. The van der Waals surface area contributed by atoms with E-state index in [1.54, 1.807) is 0 Å². The van der Waals surface area contributed by atoms with Crippen molar-refractivity contribution >= 4 is 5.91 Å². The molecular formula is C16H24N2O. The highest BCUT2D eigenvalue weighted by molar-refractivity contribution is 5.95. The Hall–Kier alpha value is -1.35. The van der Waals surface area contributed by atoms with Gasteiger partial charge in [0.25, 0.3) is 5.91 Å². The second kappa shape index (κ2) is 6.20. The van der Waals surface area contributed by atoms with Crippen molar-refractivity contribution in [3.63, 3.8) is 0 Å². The summed E-state index contributed by atoms with van der Waals surface area (Å²) >= 11 is 0. The summed E-state index contributed by atoms with van der Waals surface area (Å²) < 4.78 is 0. The molecule has 0 radical (unpaired) electrons. The van der Waals surface area contributed by atoms with Gasteiger partial charge >= 0.3 is 0 Å². The maximum atomic E-state index is 12.5. The van der Waals surface area contributed by atoms with Crippen LogP contribution in [0.1, 0.15) is 36.2 Å². The van der Waals surface area contributed by atoms with E-state index in [0.717, 1.165) is 37.2 Å². The van der Waals surface area contributed by atoms with Crippen molar-refractivity contribution in [2.45, 2.75) is 33.2 Å². The fourth-order valence-electron chi connectivity index (χ4n) is 2.88. The first-order valence-corrected chi connectivity index (χ1v) is 7.21. The zero-order chi connectivity index (χ0) is 13.8. The molecule has 1 aromatic carbocycles. The second-order valence-electron chi connectivity index (χ2n) is 5.50. The van der Waals surface area contributed by atoms with Crippen molar-refractivity contribution in [2.24, 2.45) is 5.92 Å². The standard InChI is InChI=1S/C16H24N2O/c1-4-17-15-9-10-18(11-13(15)3)16(19)14-8-6-5-7-12(14)2/h5-8,13,15,17H,4,9-11H2,1-3H3. The Balaban J connectivity index is 2.04. The minimum atomic E-state index is 0.180. The van der Waals surface area contributed by atoms with Gasteiger partial charge in [-0.2, -0.15) is 0 Å². The molecule has 1 aromatic rings. The van der Waals surface area contributed by atoms with Crippen LogP contribution in [0.3, 0.4) is 0 Å². The molecule has 3 heteroatoms. The van der Waals surface area contributed by atoms with Crippen molar-refractivity contribution in [3.05, 3.63) is 35.4 Å². The molecule has 0 bridgehead atoms. The zero-order valence-electron chi connectivity index (χ0n) is 12.1. The summed E-state index contributed by atoms with van der Waals surface area (Å²) in [5.41, 5.74) is 1.91. The number of carbonyl (C=O) groups excluding carboxylic acids is 1. The van der Waals surface area contributed by atoms with Gasteiger partial charge in [-0.05, 0) is 37.4 Å². The largest absolute Gasteiger partial charge is 0.338 e. The van der Waals surface area contributed by atoms with Gasteiger partial charge in [-0.1, -0.05) is 32.0 Å². The van der Waals surface area contributed by atoms with Crippen LogP contribution in [0.5, 0.6) is 0 Å². The summed E-state index contributed by atoms with van der Waals surface area (Å²) in [6.45, 7) is 9.07. The highest BCUT2D eigenvalue weighted by atomic mass is 16.2. The van der Waals surface area contributed by atoms with Crippen LogP contribution in [-0.4, -0.2) is 36.5 Å². The van der Waals surface area contributed by atoms with Gasteiger partial charge in [0.15, 0.2) is 0 Å². The molecule has 3 nitrogen and oxygen atoms in total. The maximum Gasteiger partial charge on any atom is 0.254 e. The number of benzene rings is 1. The Kier molecular flexibility index (Phi) is 4.59. The van der Waals surface area contributed by atoms with Crippen LogP contribution in [0, 0.1) is 12.8 Å². The van der Waals surface area contributed by atoms with Gasteiger partial charge in [0.05, 0.1) is 0 Å². The van der Waals surface area contributed by atoms with E-state index in [1.807, 2.05) is 36.1 Å². The first-order valence-electron chi connectivity index (χ1n) is 7.21. The Morgan fingerprint density at radius 2 is 2.16 bits per heavy atom. The van der Waals surface area contributed by atoms with Gasteiger partial charge < -0.3 is 10.2 Å². The summed E-state index contributed by atoms with van der Waals surface area (Å²) in [7, 11) is 0. The molecule has 0 aromatic heterocycles. The van der Waals surface area contributed by atoms with Crippen LogP contribution in [0.15, 0.2) is 24.3 Å². The van der Waals surface area contributed by atoms with E-state index in [0.29, 0.717) is 12.0 Å². The van der Waals surface area contributed by atoms with E-state index in [2.05, 4.69) is 19.2 Å². The fourth-order valence-corrected chi connectivity index (χ4v) is 2.88. The normalized spacial score (nSPS) is 23.4. The van der Waals surface area contributed by atoms with Crippen molar-refractivity contribution in [1.29, 1.82) is 0 Å². The van der Waals surface area contributed by atoms with Gasteiger partial charge in [0.1, 0.15) is 0 Å². The number of rotatable bonds is 3. The van der Waals surface area contributed by atoms with E-state index in [9.17, 15) is 4.79 Å². The van der Waals surface area contributed by atoms with Crippen molar-refractivity contribution in [3.8, 4) is 0 Å². The lowest BCUT2D eigenvalue weighted by molar-refractivity contribution is 0.0645. The number of hydrogen-bond acceptors (Lipinski definition) is 2. The summed E-state index contributed by atoms with van der Waals surface area (Å²) in [6, 6.07) is 8.40. The number of nitrogens with zero attached hydrogens (tertiary/aromatic N) is 1. The molecule has 104 valence electrons. The number of piperidine rings is 1. The lowest BCUT2D eigenvalue weighted by Crippen LogP contribution is -2.50. The smallest absolute Gasteiger partial charge is 0.254 e. The summed E-state index contributed by atoms with van der Waals surface area (Å²) in [5, 5.41) is 3.51. The summed E-state index contributed by atoms with van der Waals surface area (Å²) in [5.74, 6) is 0.696. The Morgan fingerprint density at radius 1 is 1.42 bits per heavy atom. The molecule has 1 aliphatic rings. The Labute approximate surface area is 116 Å². The molecule has 1 aliphatic heterocycles. The fraction of sp³-hybridized carbons (Fsp3) is 0.562. The first kappa shape index (κ1) is 14.1. The molecule has 0 saturated carbocycles. The Morgan fingerprint density at radius 3 is 2.79 bits per heavy atom. The molecule has 19 heavy (non-hydrogen) atoms. The number of amides is 1. The van der Waals surface area contributed by atoms with Crippen molar-refractivity contribution in [2.75, 3.05) is 19.6 Å². The summed E-state index contributed by atoms with van der Waals surface area (Å²) in [6.07, 6.45) is 1.05. The average molecular weight is 260 g/mol. The predicted molar refractivity (Wildman–Crippen MR) is 78.3 cm³/mol. The number of aryl methyl sites for hydroxylation is 1. The second-order valence-corrected chi connectivity index (χ2v) is 5.50. The monoisotopic (exact) mass is 260 g/mol. The minimum Gasteiger partial charge on any atom is -0.338 e. The van der Waals surface area contributed by atoms with E-state index in [4.69, 9.17) is 0 Å². The van der Waals surface area contributed by atoms with Crippen LogP contribution in [-0.2, 0) is 0 Å². The van der Waals surface area contributed by atoms with Crippen LogP contribution in [0.4, 0.5) is 0 Å². The maximum absolute atomic E-state index is 12.5. The number of carbonyl (C=O) groups is 1.